The normalized spacial score (nSPS) is 14.7. The predicted molar refractivity (Wildman–Crippen MR) is 113 cm³/mol. The first kappa shape index (κ1) is 17.9. The van der Waals surface area contributed by atoms with Gasteiger partial charge in [-0.25, -0.2) is 4.98 Å². The van der Waals surface area contributed by atoms with Gasteiger partial charge in [0.05, 0.1) is 6.20 Å². The number of fused-ring (bicyclic) bond motifs is 2. The first-order chi connectivity index (χ1) is 14.2. The number of aromatic nitrogens is 2. The second kappa shape index (κ2) is 7.35. The van der Waals surface area contributed by atoms with Gasteiger partial charge in [-0.3, -0.25) is 4.79 Å². The van der Waals surface area contributed by atoms with Crippen LogP contribution >= 0.6 is 11.6 Å². The van der Waals surface area contributed by atoms with Crippen molar-refractivity contribution in [3.63, 3.8) is 0 Å². The molecular weight excluding hydrogens is 388 g/mol. The van der Waals surface area contributed by atoms with Gasteiger partial charge >= 0.3 is 0 Å². The lowest BCUT2D eigenvalue weighted by atomic mass is 10.0. The molecule has 1 aromatic heterocycles. The van der Waals surface area contributed by atoms with Crippen LogP contribution in [0.15, 0.2) is 42.6 Å². The van der Waals surface area contributed by atoms with Gasteiger partial charge in [0.15, 0.2) is 5.82 Å². The number of anilines is 4. The van der Waals surface area contributed by atoms with Gasteiger partial charge in [-0.15, -0.1) is 0 Å². The van der Waals surface area contributed by atoms with Crippen LogP contribution in [0.25, 0.3) is 0 Å². The van der Waals surface area contributed by atoms with Crippen LogP contribution in [0, 0.1) is 0 Å². The molecule has 3 heterocycles. The molecule has 0 aliphatic carbocycles. The van der Waals surface area contributed by atoms with E-state index in [0.717, 1.165) is 36.4 Å². The van der Waals surface area contributed by atoms with Crippen LogP contribution in [0.1, 0.15) is 27.0 Å². The summed E-state index contributed by atoms with van der Waals surface area (Å²) in [5, 5.41) is 13.1. The number of nitrogens with one attached hydrogen (secondary N) is 4. The molecular formula is C21H19ClN6O. The van der Waals surface area contributed by atoms with Gasteiger partial charge in [0.1, 0.15) is 5.02 Å². The van der Waals surface area contributed by atoms with Crippen molar-refractivity contribution in [2.24, 2.45) is 0 Å². The smallest absolute Gasteiger partial charge is 0.251 e. The zero-order valence-electron chi connectivity index (χ0n) is 15.6. The summed E-state index contributed by atoms with van der Waals surface area (Å²) in [5.74, 6) is 0.922. The van der Waals surface area contributed by atoms with E-state index in [2.05, 4.69) is 43.4 Å². The standard InChI is InChI=1S/C21H19ClN6O/c22-18-11-25-21(27-16-2-1-13-9-23-6-5-12(13)7-16)28-19(18)26-15-3-4-17-14(8-15)10-24-20(17)29/h1-4,7-8,11,23H,5-6,9-10H2,(H,24,29)(H2,25,26,27,28). The maximum absolute atomic E-state index is 11.7. The van der Waals surface area contributed by atoms with Crippen LogP contribution in [0.2, 0.25) is 5.02 Å². The molecule has 0 unspecified atom stereocenters. The Hall–Kier alpha value is -3.16. The van der Waals surface area contributed by atoms with Crippen molar-refractivity contribution in [3.8, 4) is 0 Å². The molecule has 29 heavy (non-hydrogen) atoms. The number of nitrogens with zero attached hydrogens (tertiary/aromatic N) is 2. The molecule has 5 rings (SSSR count). The minimum atomic E-state index is -0.0427. The lowest BCUT2D eigenvalue weighted by molar-refractivity contribution is 0.0966. The number of amides is 1. The molecule has 1 amide bonds. The molecule has 0 fully saturated rings. The number of rotatable bonds is 4. The number of halogens is 1. The highest BCUT2D eigenvalue weighted by Gasteiger charge is 2.19. The van der Waals surface area contributed by atoms with Crippen molar-refractivity contribution in [2.45, 2.75) is 19.5 Å². The Morgan fingerprint density at radius 3 is 2.72 bits per heavy atom. The van der Waals surface area contributed by atoms with E-state index in [9.17, 15) is 4.79 Å². The van der Waals surface area contributed by atoms with Crippen molar-refractivity contribution in [1.29, 1.82) is 0 Å². The van der Waals surface area contributed by atoms with Crippen molar-refractivity contribution >= 4 is 40.6 Å². The molecule has 146 valence electrons. The molecule has 3 aromatic rings. The van der Waals surface area contributed by atoms with Gasteiger partial charge in [-0.1, -0.05) is 17.7 Å². The van der Waals surface area contributed by atoms with Crippen LogP contribution in [0.3, 0.4) is 0 Å². The fourth-order valence-electron chi connectivity index (χ4n) is 3.65. The number of carbonyl (C=O) groups excluding carboxylic acids is 1. The maximum Gasteiger partial charge on any atom is 0.251 e. The Morgan fingerprint density at radius 2 is 1.79 bits per heavy atom. The maximum atomic E-state index is 11.7. The highest BCUT2D eigenvalue weighted by molar-refractivity contribution is 6.32. The van der Waals surface area contributed by atoms with Crippen molar-refractivity contribution < 1.29 is 4.79 Å². The molecule has 2 aliphatic rings. The molecule has 0 bridgehead atoms. The molecule has 2 aromatic carbocycles. The minimum absolute atomic E-state index is 0.0427. The van der Waals surface area contributed by atoms with E-state index in [1.54, 1.807) is 12.3 Å². The first-order valence-electron chi connectivity index (χ1n) is 9.46. The van der Waals surface area contributed by atoms with Gasteiger partial charge in [-0.2, -0.15) is 4.98 Å². The van der Waals surface area contributed by atoms with E-state index >= 15 is 0 Å². The van der Waals surface area contributed by atoms with Crippen molar-refractivity contribution in [2.75, 3.05) is 17.2 Å². The van der Waals surface area contributed by atoms with Gasteiger partial charge in [0, 0.05) is 30.0 Å². The third-order valence-electron chi connectivity index (χ3n) is 5.15. The van der Waals surface area contributed by atoms with E-state index in [1.165, 1.54) is 11.1 Å². The quantitative estimate of drug-likeness (QED) is 0.530. The molecule has 0 saturated carbocycles. The zero-order valence-corrected chi connectivity index (χ0v) is 16.3. The van der Waals surface area contributed by atoms with Crippen LogP contribution < -0.4 is 21.3 Å². The summed E-state index contributed by atoms with van der Waals surface area (Å²) >= 11 is 6.30. The van der Waals surface area contributed by atoms with Gasteiger partial charge in [0.2, 0.25) is 5.95 Å². The third-order valence-corrected chi connectivity index (χ3v) is 5.42. The van der Waals surface area contributed by atoms with Gasteiger partial charge < -0.3 is 21.3 Å². The number of carbonyl (C=O) groups is 1. The summed E-state index contributed by atoms with van der Waals surface area (Å²) in [7, 11) is 0. The Bertz CT molecular complexity index is 1120. The lowest BCUT2D eigenvalue weighted by Crippen LogP contribution is -2.23. The van der Waals surface area contributed by atoms with E-state index in [-0.39, 0.29) is 5.91 Å². The van der Waals surface area contributed by atoms with Crippen molar-refractivity contribution in [3.05, 3.63) is 69.9 Å². The fourth-order valence-corrected chi connectivity index (χ4v) is 3.78. The second-order valence-electron chi connectivity index (χ2n) is 7.11. The lowest BCUT2D eigenvalue weighted by Gasteiger charge is -2.18. The predicted octanol–water partition coefficient (Wildman–Crippen LogP) is 3.51. The zero-order chi connectivity index (χ0) is 19.8. The SMILES string of the molecule is O=C1NCc2cc(Nc3nc(Nc4ccc5c(c4)CCNC5)ncc3Cl)ccc21. The van der Waals surface area contributed by atoms with Crippen molar-refractivity contribution in [1.82, 2.24) is 20.6 Å². The highest BCUT2D eigenvalue weighted by Crippen LogP contribution is 2.28. The molecule has 0 radical (unpaired) electrons. The van der Waals surface area contributed by atoms with E-state index < -0.39 is 0 Å². The Morgan fingerprint density at radius 1 is 0.966 bits per heavy atom. The second-order valence-corrected chi connectivity index (χ2v) is 7.51. The van der Waals surface area contributed by atoms with Crippen LogP contribution in [0.4, 0.5) is 23.1 Å². The average Bonchev–Trinajstić information content (AvgIpc) is 3.10. The molecule has 4 N–H and O–H groups in total. The summed E-state index contributed by atoms with van der Waals surface area (Å²) in [4.78, 5) is 20.5. The number of hydrogen-bond donors (Lipinski definition) is 4. The summed E-state index contributed by atoms with van der Waals surface area (Å²) in [6, 6.07) is 11.9. The van der Waals surface area contributed by atoms with Gasteiger partial charge in [0.25, 0.3) is 5.91 Å². The molecule has 0 atom stereocenters. The fraction of sp³-hybridized carbons (Fsp3) is 0.190. The summed E-state index contributed by atoms with van der Waals surface area (Å²) in [6.45, 7) is 2.43. The summed E-state index contributed by atoms with van der Waals surface area (Å²) < 4.78 is 0. The topological polar surface area (TPSA) is 91.0 Å². The van der Waals surface area contributed by atoms with Crippen LogP contribution in [-0.2, 0) is 19.5 Å². The number of hydrogen-bond acceptors (Lipinski definition) is 6. The Kier molecular flexibility index (Phi) is 4.54. The largest absolute Gasteiger partial charge is 0.348 e. The van der Waals surface area contributed by atoms with Gasteiger partial charge in [-0.05, 0) is 60.0 Å². The highest BCUT2D eigenvalue weighted by atomic mass is 35.5. The minimum Gasteiger partial charge on any atom is -0.348 e. The Balaban J connectivity index is 1.37. The molecule has 0 saturated heterocycles. The molecule has 8 heteroatoms. The van der Waals surface area contributed by atoms with E-state index in [0.29, 0.717) is 28.9 Å². The van der Waals surface area contributed by atoms with Crippen LogP contribution in [0.5, 0.6) is 0 Å². The molecule has 7 nitrogen and oxygen atoms in total. The van der Waals surface area contributed by atoms with E-state index in [1.807, 2.05) is 18.2 Å². The molecule has 0 spiro atoms. The molecule has 2 aliphatic heterocycles. The number of benzene rings is 2. The van der Waals surface area contributed by atoms with E-state index in [4.69, 9.17) is 11.6 Å². The Labute approximate surface area is 172 Å². The summed E-state index contributed by atoms with van der Waals surface area (Å²) in [6.07, 6.45) is 2.58. The average molecular weight is 407 g/mol. The van der Waals surface area contributed by atoms with Crippen LogP contribution in [-0.4, -0.2) is 22.4 Å². The monoisotopic (exact) mass is 406 g/mol. The third kappa shape index (κ3) is 3.62. The summed E-state index contributed by atoms with van der Waals surface area (Å²) in [5.41, 5.74) is 6.07. The first-order valence-corrected chi connectivity index (χ1v) is 9.84.